The fourth-order valence-electron chi connectivity index (χ4n) is 11.8. The second-order valence-electron chi connectivity index (χ2n) is 24.6. The van der Waals surface area contributed by atoms with Crippen LogP contribution in [0.4, 0.5) is 0 Å². The second kappa shape index (κ2) is 46.3. The molecule has 0 aromatic heterocycles. The Kier molecular flexibility index (Phi) is 42.2. The van der Waals surface area contributed by atoms with Crippen molar-refractivity contribution in [1.82, 2.24) is 10.6 Å². The van der Waals surface area contributed by atoms with Crippen molar-refractivity contribution >= 4 is 11.8 Å². The van der Waals surface area contributed by atoms with Gasteiger partial charge < -0.3 is 100 Å². The first kappa shape index (κ1) is 77.5. The van der Waals surface area contributed by atoms with Crippen LogP contribution < -0.4 is 10.6 Å². The van der Waals surface area contributed by atoms with E-state index in [4.69, 9.17) is 28.4 Å². The maximum Gasteiger partial charge on any atom is 0.249 e. The molecule has 14 N–H and O–H groups in total. The topological polar surface area (TPSA) is 356 Å². The van der Waals surface area contributed by atoms with E-state index in [0.29, 0.717) is 12.8 Å². The maximum absolute atomic E-state index is 13.8. The van der Waals surface area contributed by atoms with Crippen LogP contribution in [0.2, 0.25) is 0 Å². The van der Waals surface area contributed by atoms with E-state index in [2.05, 4.69) is 24.5 Å². The first-order chi connectivity index (χ1) is 41.0. The van der Waals surface area contributed by atoms with E-state index in [1.165, 1.54) is 141 Å². The summed E-state index contributed by atoms with van der Waals surface area (Å²) in [6, 6.07) is -3.01. The minimum Gasteiger partial charge on any atom is -0.394 e. The average Bonchev–Trinajstić information content (AvgIpc) is 3.63. The molecular weight excluding hydrogens is 1100 g/mol. The van der Waals surface area contributed by atoms with Crippen molar-refractivity contribution in [2.75, 3.05) is 26.4 Å². The molecule has 3 heterocycles. The number of hydrogen-bond acceptors (Lipinski definition) is 20. The third-order valence-electron chi connectivity index (χ3n) is 17.3. The Labute approximate surface area is 508 Å². The van der Waals surface area contributed by atoms with E-state index in [-0.39, 0.29) is 12.8 Å². The predicted molar refractivity (Wildman–Crippen MR) is 319 cm³/mol. The molecule has 0 spiro atoms. The Morgan fingerprint density at radius 1 is 0.435 bits per heavy atom. The molecule has 0 aliphatic carbocycles. The fraction of sp³-hybridized carbons (Fsp3) is 0.968. The van der Waals surface area contributed by atoms with Gasteiger partial charge in [-0.1, -0.05) is 226 Å². The number of rotatable bonds is 50. The van der Waals surface area contributed by atoms with Crippen LogP contribution in [0, 0.1) is 0 Å². The summed E-state index contributed by atoms with van der Waals surface area (Å²) in [7, 11) is 0. The lowest BCUT2D eigenvalue weighted by Gasteiger charge is -2.49. The molecule has 22 heteroatoms. The highest BCUT2D eigenvalue weighted by Crippen LogP contribution is 2.34. The Bertz CT molecular complexity index is 1660. The van der Waals surface area contributed by atoms with Gasteiger partial charge in [-0.3, -0.25) is 9.59 Å². The lowest BCUT2D eigenvalue weighted by Crippen LogP contribution is -2.69. The number of unbranched alkanes of at least 4 members (excludes halogenated alkanes) is 31. The van der Waals surface area contributed by atoms with Gasteiger partial charge >= 0.3 is 0 Å². The number of carbonyl (C=O) groups is 2. The van der Waals surface area contributed by atoms with Gasteiger partial charge in [-0.2, -0.15) is 0 Å². The van der Waals surface area contributed by atoms with Crippen LogP contribution in [0.1, 0.15) is 245 Å². The first-order valence-electron chi connectivity index (χ1n) is 33.5. The van der Waals surface area contributed by atoms with Gasteiger partial charge in [0.2, 0.25) is 11.8 Å². The van der Waals surface area contributed by atoms with Crippen LogP contribution in [-0.4, -0.2) is 216 Å². The zero-order valence-corrected chi connectivity index (χ0v) is 52.2. The van der Waals surface area contributed by atoms with E-state index in [1.54, 1.807) is 0 Å². The number of ether oxygens (including phenoxy) is 6. The smallest absolute Gasteiger partial charge is 0.249 e. The molecule has 3 fully saturated rings. The molecule has 22 nitrogen and oxygen atoms in total. The van der Waals surface area contributed by atoms with Crippen LogP contribution in [0.15, 0.2) is 0 Å². The zero-order valence-electron chi connectivity index (χ0n) is 52.2. The van der Waals surface area contributed by atoms with Gasteiger partial charge in [-0.05, 0) is 12.8 Å². The van der Waals surface area contributed by atoms with Crippen molar-refractivity contribution in [3.05, 3.63) is 0 Å². The van der Waals surface area contributed by atoms with Gasteiger partial charge in [0.05, 0.1) is 38.6 Å². The van der Waals surface area contributed by atoms with Crippen LogP contribution in [-0.2, 0) is 38.0 Å². The second-order valence-corrected chi connectivity index (χ2v) is 24.6. The predicted octanol–water partition coefficient (Wildman–Crippen LogP) is 4.86. The van der Waals surface area contributed by atoms with E-state index >= 15 is 0 Å². The summed E-state index contributed by atoms with van der Waals surface area (Å²) < 4.78 is 36.0. The van der Waals surface area contributed by atoms with Crippen molar-refractivity contribution < 1.29 is 99.3 Å². The van der Waals surface area contributed by atoms with Crippen LogP contribution in [0.3, 0.4) is 0 Å². The van der Waals surface area contributed by atoms with Crippen molar-refractivity contribution in [1.29, 1.82) is 0 Å². The van der Waals surface area contributed by atoms with E-state index in [1.807, 2.05) is 0 Å². The molecular formula is C63H120N2O20. The Morgan fingerprint density at radius 3 is 1.22 bits per heavy atom. The molecule has 3 saturated heterocycles. The van der Waals surface area contributed by atoms with Gasteiger partial charge in [-0.15, -0.1) is 0 Å². The summed E-state index contributed by atoms with van der Waals surface area (Å²) in [5.74, 6) is -1.56. The minimum absolute atomic E-state index is 0.122. The van der Waals surface area contributed by atoms with E-state index in [0.717, 1.165) is 64.7 Å². The molecule has 0 unspecified atom stereocenters. The van der Waals surface area contributed by atoms with Crippen molar-refractivity contribution in [2.24, 2.45) is 0 Å². The van der Waals surface area contributed by atoms with Crippen LogP contribution in [0.25, 0.3) is 0 Å². The number of carbonyl (C=O) groups excluding carboxylic acids is 2. The van der Waals surface area contributed by atoms with Crippen LogP contribution >= 0.6 is 0 Å². The third kappa shape index (κ3) is 29.4. The summed E-state index contributed by atoms with van der Waals surface area (Å²) in [5.41, 5.74) is 0. The molecule has 502 valence electrons. The third-order valence-corrected chi connectivity index (χ3v) is 17.3. The molecule has 0 aromatic carbocycles. The molecule has 2 amide bonds. The standard InChI is InChI=1S/C63H120N2O20/c1-4-6-8-10-12-14-16-17-18-19-20-21-22-23-24-25-26-28-30-32-34-36-38-46(71)60(79)65-44(51(72)45(70)37-35-33-31-29-27-15-13-11-9-7-5-2)42-80-63-59(85-62-57(78)56(77)53(74)48(40-67)82-62)58(54(75)49(41-68)83-63)84-61-50(64-43(3)69)55(76)52(73)47(39-66)81-61/h44-59,61-63,66-68,70-78H,4-42H2,1-3H3,(H,64,69)(H,65,79)/t44-,45+,46+,47+,48+,49+,50+,51-,52-,53+,54-,55+,56-,57+,58-,59+,61+,62+,63-/m0/s1. The van der Waals surface area contributed by atoms with Gasteiger partial charge in [0.15, 0.2) is 18.9 Å². The lowest BCUT2D eigenvalue weighted by atomic mass is 9.95. The van der Waals surface area contributed by atoms with Crippen molar-refractivity contribution in [3.63, 3.8) is 0 Å². The highest BCUT2D eigenvalue weighted by Gasteiger charge is 2.55. The quantitative estimate of drug-likeness (QED) is 0.0362. The van der Waals surface area contributed by atoms with Gasteiger partial charge in [-0.25, -0.2) is 0 Å². The minimum atomic E-state index is -2.03. The average molecular weight is 1230 g/mol. The molecule has 85 heavy (non-hydrogen) atoms. The summed E-state index contributed by atoms with van der Waals surface area (Å²) in [4.78, 5) is 26.1. The Hall–Kier alpha value is -1.78. The molecule has 3 rings (SSSR count). The molecule has 0 saturated carbocycles. The van der Waals surface area contributed by atoms with Gasteiger partial charge in [0.25, 0.3) is 0 Å². The number of nitrogens with one attached hydrogen (secondary N) is 2. The molecule has 3 aliphatic rings. The summed E-state index contributed by atoms with van der Waals surface area (Å²) in [6.07, 6.45) is 9.29. The Morgan fingerprint density at radius 2 is 0.800 bits per heavy atom. The van der Waals surface area contributed by atoms with Gasteiger partial charge in [0.1, 0.15) is 85.4 Å². The SMILES string of the molecule is CCCCCCCCCCCCCCCCCCCCCCCC[C@@H](O)C(=O)N[C@@H](CO[C@H]1O[C@H](CO)[C@H](O)[C@H](O[C@H]2O[C@H](CO)[C@H](O)[C@H](O)[C@H]2NC(C)=O)[C@H]1O[C@H]1O[C@H](CO)[C@@H](O)[C@H](O)[C@H]1O)[C@H](O)[C@H](O)CCCCCCCCCCCCC. The summed E-state index contributed by atoms with van der Waals surface area (Å²) in [6.45, 7) is 2.27. The molecule has 0 radical (unpaired) electrons. The number of hydrogen-bond donors (Lipinski definition) is 14. The van der Waals surface area contributed by atoms with Crippen LogP contribution in [0.5, 0.6) is 0 Å². The Balaban J connectivity index is 1.68. The fourth-order valence-corrected chi connectivity index (χ4v) is 11.8. The number of aliphatic hydroxyl groups is 12. The number of aliphatic hydroxyl groups excluding tert-OH is 12. The normalized spacial score (nSPS) is 29.6. The van der Waals surface area contributed by atoms with E-state index in [9.17, 15) is 70.9 Å². The lowest BCUT2D eigenvalue weighted by molar-refractivity contribution is -0.387. The van der Waals surface area contributed by atoms with E-state index < -0.39 is 155 Å². The maximum atomic E-state index is 13.8. The monoisotopic (exact) mass is 1220 g/mol. The van der Waals surface area contributed by atoms with Crippen molar-refractivity contribution in [3.8, 4) is 0 Å². The zero-order chi connectivity index (χ0) is 62.4. The van der Waals surface area contributed by atoms with Crippen molar-refractivity contribution in [2.45, 2.75) is 362 Å². The molecule has 0 aromatic rings. The first-order valence-corrected chi connectivity index (χ1v) is 33.5. The highest BCUT2D eigenvalue weighted by atomic mass is 16.8. The molecule has 3 aliphatic heterocycles. The number of amides is 2. The molecule has 19 atom stereocenters. The summed E-state index contributed by atoms with van der Waals surface area (Å²) >= 11 is 0. The van der Waals surface area contributed by atoms with Gasteiger partial charge in [0, 0.05) is 6.92 Å². The largest absolute Gasteiger partial charge is 0.394 e. The highest BCUT2D eigenvalue weighted by molar-refractivity contribution is 5.80. The molecule has 0 bridgehead atoms. The summed E-state index contributed by atoms with van der Waals surface area (Å²) in [5, 5.41) is 136.